The Morgan fingerprint density at radius 2 is 2.04 bits per heavy atom. The first-order valence-corrected chi connectivity index (χ1v) is 8.67. The molecule has 1 aromatic rings. The van der Waals surface area contributed by atoms with Crippen LogP contribution in [0.3, 0.4) is 0 Å². The number of Topliss-reactive ketones (excluding diaryl/α,β-unsaturated/α-hetero) is 1. The van der Waals surface area contributed by atoms with Crippen LogP contribution < -0.4 is 0 Å². The molecule has 2 aliphatic rings. The van der Waals surface area contributed by atoms with Gasteiger partial charge in [0.25, 0.3) is 12.3 Å². The molecule has 1 aliphatic heterocycles. The number of carbonyl (C=O) groups is 2. The molecule has 1 fully saturated rings. The lowest BCUT2D eigenvalue weighted by Crippen LogP contribution is -2.57. The van der Waals surface area contributed by atoms with Gasteiger partial charge in [0, 0.05) is 23.1 Å². The maximum Gasteiger partial charge on any atom is 0.264 e. The van der Waals surface area contributed by atoms with E-state index in [1.807, 2.05) is 6.07 Å². The molecule has 3 rings (SSSR count). The highest BCUT2D eigenvalue weighted by molar-refractivity contribution is 6.04. The van der Waals surface area contributed by atoms with E-state index in [4.69, 9.17) is 4.74 Å². The molecular formula is C20H20F2N2O3. The SMILES string of the molecule is CC1(C)CC2(C=C(C#N)C1=O)CN(C(=O)c1ccccc1C(F)F)CCO2. The molecule has 0 bridgehead atoms. The van der Waals surface area contributed by atoms with Gasteiger partial charge in [0.15, 0.2) is 5.78 Å². The van der Waals surface area contributed by atoms with Gasteiger partial charge in [-0.05, 0) is 18.6 Å². The van der Waals surface area contributed by atoms with Crippen LogP contribution >= 0.6 is 0 Å². The van der Waals surface area contributed by atoms with Crippen LogP contribution in [-0.4, -0.2) is 41.9 Å². The number of alkyl halides is 2. The molecule has 0 radical (unpaired) electrons. The molecule has 1 aliphatic carbocycles. The zero-order valence-electron chi connectivity index (χ0n) is 15.2. The number of rotatable bonds is 2. The van der Waals surface area contributed by atoms with Crippen LogP contribution in [0.4, 0.5) is 8.78 Å². The molecule has 27 heavy (non-hydrogen) atoms. The van der Waals surface area contributed by atoms with E-state index in [9.17, 15) is 23.6 Å². The number of amides is 1. The van der Waals surface area contributed by atoms with Crippen molar-refractivity contribution in [1.82, 2.24) is 4.90 Å². The van der Waals surface area contributed by atoms with Gasteiger partial charge in [-0.25, -0.2) is 8.78 Å². The van der Waals surface area contributed by atoms with Gasteiger partial charge in [0.05, 0.1) is 18.7 Å². The lowest BCUT2D eigenvalue weighted by Gasteiger charge is -2.46. The summed E-state index contributed by atoms with van der Waals surface area (Å²) in [6.45, 7) is 4.02. The van der Waals surface area contributed by atoms with Crippen molar-refractivity contribution in [2.24, 2.45) is 5.41 Å². The number of carbonyl (C=O) groups excluding carboxylic acids is 2. The number of morpholine rings is 1. The van der Waals surface area contributed by atoms with Crippen LogP contribution in [0.2, 0.25) is 0 Å². The molecule has 1 amide bonds. The number of nitrogens with zero attached hydrogens (tertiary/aromatic N) is 2. The predicted octanol–water partition coefficient (Wildman–Crippen LogP) is 3.28. The van der Waals surface area contributed by atoms with Crippen LogP contribution in [0.25, 0.3) is 0 Å². The first-order valence-electron chi connectivity index (χ1n) is 8.67. The Labute approximate surface area is 156 Å². The molecule has 0 aromatic heterocycles. The van der Waals surface area contributed by atoms with Crippen LogP contribution in [0, 0.1) is 16.7 Å². The van der Waals surface area contributed by atoms with Gasteiger partial charge in [0.1, 0.15) is 11.7 Å². The standard InChI is InChI=1S/C20H20F2N2O3/c1-19(2)11-20(9-13(10-23)16(19)25)12-24(7-8-27-20)18(26)15-6-4-3-5-14(15)17(21)22/h3-6,9,17H,7-8,11-12H2,1-2H3. The summed E-state index contributed by atoms with van der Waals surface area (Å²) >= 11 is 0. The second-order valence-electron chi connectivity index (χ2n) is 7.59. The van der Waals surface area contributed by atoms with Crippen molar-refractivity contribution in [2.45, 2.75) is 32.3 Å². The lowest BCUT2D eigenvalue weighted by atomic mass is 9.69. The number of allylic oxidation sites excluding steroid dienone is 1. The van der Waals surface area contributed by atoms with E-state index in [0.29, 0.717) is 6.42 Å². The number of hydrogen-bond donors (Lipinski definition) is 0. The van der Waals surface area contributed by atoms with Gasteiger partial charge in [-0.3, -0.25) is 9.59 Å². The fourth-order valence-electron chi connectivity index (χ4n) is 3.88. The summed E-state index contributed by atoms with van der Waals surface area (Å²) in [5.74, 6) is -0.763. The molecule has 0 saturated carbocycles. The van der Waals surface area contributed by atoms with Crippen LogP contribution in [0.1, 0.15) is 42.6 Å². The molecular weight excluding hydrogens is 354 g/mol. The monoisotopic (exact) mass is 374 g/mol. The molecule has 1 saturated heterocycles. The molecule has 1 spiro atoms. The lowest BCUT2D eigenvalue weighted by molar-refractivity contribution is -0.134. The topological polar surface area (TPSA) is 70.4 Å². The van der Waals surface area contributed by atoms with Crippen LogP contribution in [0.5, 0.6) is 0 Å². The van der Waals surface area contributed by atoms with E-state index in [2.05, 4.69) is 0 Å². The number of ketones is 1. The Hall–Kier alpha value is -2.59. The number of hydrogen-bond acceptors (Lipinski definition) is 4. The minimum Gasteiger partial charge on any atom is -0.367 e. The van der Waals surface area contributed by atoms with E-state index in [1.54, 1.807) is 19.9 Å². The second-order valence-corrected chi connectivity index (χ2v) is 7.59. The Balaban J connectivity index is 1.93. The molecule has 1 atom stereocenters. The highest BCUT2D eigenvalue weighted by Gasteiger charge is 2.48. The van der Waals surface area contributed by atoms with Crippen LogP contribution in [-0.2, 0) is 9.53 Å². The average Bonchev–Trinajstić information content (AvgIpc) is 2.64. The number of nitriles is 1. The van der Waals surface area contributed by atoms with Crippen LogP contribution in [0.15, 0.2) is 35.9 Å². The van der Waals surface area contributed by atoms with E-state index in [1.165, 1.54) is 29.2 Å². The molecule has 0 N–H and O–H groups in total. The third-order valence-electron chi connectivity index (χ3n) is 5.05. The Kier molecular flexibility index (Phi) is 4.87. The molecule has 7 heteroatoms. The van der Waals surface area contributed by atoms with Crippen molar-refractivity contribution in [3.8, 4) is 6.07 Å². The fourth-order valence-corrected chi connectivity index (χ4v) is 3.88. The Morgan fingerprint density at radius 1 is 1.33 bits per heavy atom. The van der Waals surface area contributed by atoms with E-state index >= 15 is 0 Å². The zero-order valence-corrected chi connectivity index (χ0v) is 15.2. The van der Waals surface area contributed by atoms with Gasteiger partial charge in [-0.15, -0.1) is 0 Å². The average molecular weight is 374 g/mol. The van der Waals surface area contributed by atoms with Gasteiger partial charge >= 0.3 is 0 Å². The molecule has 1 unspecified atom stereocenters. The summed E-state index contributed by atoms with van der Waals surface area (Å²) in [5, 5.41) is 9.30. The smallest absolute Gasteiger partial charge is 0.264 e. The zero-order chi connectivity index (χ0) is 19.8. The molecule has 142 valence electrons. The second kappa shape index (κ2) is 6.86. The first-order chi connectivity index (χ1) is 12.7. The summed E-state index contributed by atoms with van der Waals surface area (Å²) in [7, 11) is 0. The summed E-state index contributed by atoms with van der Waals surface area (Å²) < 4.78 is 32.4. The maximum atomic E-state index is 13.3. The molecule has 5 nitrogen and oxygen atoms in total. The third-order valence-corrected chi connectivity index (χ3v) is 5.05. The minimum atomic E-state index is -2.75. The highest BCUT2D eigenvalue weighted by Crippen LogP contribution is 2.41. The van der Waals surface area contributed by atoms with Crippen molar-refractivity contribution < 1.29 is 23.1 Å². The van der Waals surface area contributed by atoms with Gasteiger partial charge in [-0.1, -0.05) is 32.0 Å². The van der Waals surface area contributed by atoms with Gasteiger partial charge < -0.3 is 9.64 Å². The van der Waals surface area contributed by atoms with E-state index in [0.717, 1.165) is 0 Å². The largest absolute Gasteiger partial charge is 0.367 e. The first kappa shape index (κ1) is 19.2. The normalized spacial score (nSPS) is 24.7. The van der Waals surface area contributed by atoms with Gasteiger partial charge in [-0.2, -0.15) is 5.26 Å². The minimum absolute atomic E-state index is 0.00790. The highest BCUT2D eigenvalue weighted by atomic mass is 19.3. The Morgan fingerprint density at radius 3 is 2.70 bits per heavy atom. The summed E-state index contributed by atoms with van der Waals surface area (Å²) in [6, 6.07) is 7.55. The number of benzene rings is 1. The number of ether oxygens (including phenoxy) is 1. The summed E-state index contributed by atoms with van der Waals surface area (Å²) in [4.78, 5) is 26.7. The summed E-state index contributed by atoms with van der Waals surface area (Å²) in [5.41, 5.74) is -2.13. The quantitative estimate of drug-likeness (QED) is 0.797. The molecule has 1 heterocycles. The van der Waals surface area contributed by atoms with Crippen molar-refractivity contribution in [1.29, 1.82) is 5.26 Å². The third kappa shape index (κ3) is 3.50. The van der Waals surface area contributed by atoms with Crippen molar-refractivity contribution in [3.05, 3.63) is 47.0 Å². The fraction of sp³-hybridized carbons (Fsp3) is 0.450. The predicted molar refractivity (Wildman–Crippen MR) is 93.1 cm³/mol. The summed E-state index contributed by atoms with van der Waals surface area (Å²) in [6.07, 6.45) is -0.958. The molecule has 1 aromatic carbocycles. The van der Waals surface area contributed by atoms with Gasteiger partial charge in [0.2, 0.25) is 0 Å². The van der Waals surface area contributed by atoms with Crippen molar-refractivity contribution in [3.63, 3.8) is 0 Å². The van der Waals surface area contributed by atoms with Crippen molar-refractivity contribution in [2.75, 3.05) is 19.7 Å². The Bertz CT molecular complexity index is 857. The van der Waals surface area contributed by atoms with E-state index in [-0.39, 0.29) is 42.2 Å². The maximum absolute atomic E-state index is 13.3. The van der Waals surface area contributed by atoms with Crippen molar-refractivity contribution >= 4 is 11.7 Å². The number of halogens is 2. The van der Waals surface area contributed by atoms with E-state index < -0.39 is 23.3 Å².